The van der Waals surface area contributed by atoms with Gasteiger partial charge in [-0.15, -0.1) is 0 Å². The molecule has 0 bridgehead atoms. The molecule has 2 rings (SSSR count). The van der Waals surface area contributed by atoms with Crippen molar-refractivity contribution < 1.29 is 19.3 Å². The van der Waals surface area contributed by atoms with Crippen molar-refractivity contribution in [3.05, 3.63) is 29.4 Å². The zero-order valence-corrected chi connectivity index (χ0v) is 13.7. The van der Waals surface area contributed by atoms with Crippen LogP contribution in [0.4, 0.5) is 0 Å². The van der Waals surface area contributed by atoms with Gasteiger partial charge in [-0.3, -0.25) is 0 Å². The van der Waals surface area contributed by atoms with Crippen molar-refractivity contribution >= 4 is 5.57 Å². The van der Waals surface area contributed by atoms with Crippen LogP contribution in [-0.2, 0) is 6.42 Å². The van der Waals surface area contributed by atoms with Gasteiger partial charge in [0.1, 0.15) is 6.61 Å². The summed E-state index contributed by atoms with van der Waals surface area (Å²) in [7, 11) is 3.08. The molecule has 0 saturated carbocycles. The number of phenols is 1. The Balaban J connectivity index is 2.68. The van der Waals surface area contributed by atoms with Crippen LogP contribution in [0.2, 0.25) is 0 Å². The van der Waals surface area contributed by atoms with Gasteiger partial charge in [0, 0.05) is 11.1 Å². The molecule has 1 heterocycles. The van der Waals surface area contributed by atoms with Gasteiger partial charge in [-0.25, -0.2) is 0 Å². The van der Waals surface area contributed by atoms with Crippen molar-refractivity contribution in [2.75, 3.05) is 20.8 Å². The van der Waals surface area contributed by atoms with E-state index in [0.29, 0.717) is 30.3 Å². The summed E-state index contributed by atoms with van der Waals surface area (Å²) in [6.45, 7) is 4.60. The fraction of sp³-hybridized carbons (Fsp3) is 0.444. The van der Waals surface area contributed by atoms with Crippen LogP contribution in [-0.4, -0.2) is 25.9 Å². The average Bonchev–Trinajstić information content (AvgIpc) is 2.94. The lowest BCUT2D eigenvalue weighted by Gasteiger charge is -2.17. The first-order valence-corrected chi connectivity index (χ1v) is 7.62. The van der Waals surface area contributed by atoms with Crippen molar-refractivity contribution in [2.45, 2.75) is 33.1 Å². The quantitative estimate of drug-likeness (QED) is 0.804. The molecule has 1 aromatic rings. The molecule has 0 aromatic heterocycles. The van der Waals surface area contributed by atoms with E-state index < -0.39 is 0 Å². The van der Waals surface area contributed by atoms with E-state index in [-0.39, 0.29) is 5.75 Å². The van der Waals surface area contributed by atoms with E-state index in [4.69, 9.17) is 14.2 Å². The minimum absolute atomic E-state index is 0.129. The summed E-state index contributed by atoms with van der Waals surface area (Å²) in [4.78, 5) is 0. The number of phenolic OH excluding ortho intramolecular Hbond substituents is 1. The minimum atomic E-state index is 0.129. The van der Waals surface area contributed by atoms with Crippen LogP contribution in [0.1, 0.15) is 37.8 Å². The highest BCUT2D eigenvalue weighted by Crippen LogP contribution is 2.54. The second-order valence-electron chi connectivity index (χ2n) is 5.18. The Morgan fingerprint density at radius 2 is 1.95 bits per heavy atom. The van der Waals surface area contributed by atoms with Crippen LogP contribution in [0.25, 0.3) is 5.57 Å². The van der Waals surface area contributed by atoms with Gasteiger partial charge >= 0.3 is 0 Å². The van der Waals surface area contributed by atoms with Crippen LogP contribution in [0.5, 0.6) is 23.0 Å². The zero-order valence-electron chi connectivity index (χ0n) is 13.7. The molecular formula is C18H24O4. The number of hydrogen-bond acceptors (Lipinski definition) is 4. The molecule has 4 heteroatoms. The summed E-state index contributed by atoms with van der Waals surface area (Å²) in [6.07, 6.45) is 8.83. The van der Waals surface area contributed by atoms with Gasteiger partial charge in [0.2, 0.25) is 11.5 Å². The Morgan fingerprint density at radius 3 is 2.55 bits per heavy atom. The number of benzene rings is 1. The number of ether oxygens (including phenoxy) is 3. The number of methoxy groups -OCH3 is 2. The summed E-state index contributed by atoms with van der Waals surface area (Å²) < 4.78 is 16.6. The van der Waals surface area contributed by atoms with Gasteiger partial charge < -0.3 is 19.3 Å². The molecule has 0 amide bonds. The molecule has 1 aromatic carbocycles. The van der Waals surface area contributed by atoms with Gasteiger partial charge in [0.05, 0.1) is 14.2 Å². The Morgan fingerprint density at radius 1 is 1.23 bits per heavy atom. The van der Waals surface area contributed by atoms with Crippen LogP contribution in [0.15, 0.2) is 18.2 Å². The molecule has 0 atom stereocenters. The molecule has 1 aliphatic heterocycles. The monoisotopic (exact) mass is 304 g/mol. The first-order valence-electron chi connectivity index (χ1n) is 7.62. The topological polar surface area (TPSA) is 47.9 Å². The van der Waals surface area contributed by atoms with Crippen LogP contribution >= 0.6 is 0 Å². The summed E-state index contributed by atoms with van der Waals surface area (Å²) in [6, 6.07) is 0. The third kappa shape index (κ3) is 2.78. The second-order valence-corrected chi connectivity index (χ2v) is 5.18. The molecule has 22 heavy (non-hydrogen) atoms. The van der Waals surface area contributed by atoms with Crippen molar-refractivity contribution in [3.63, 3.8) is 0 Å². The zero-order chi connectivity index (χ0) is 16.1. The van der Waals surface area contributed by atoms with E-state index in [1.54, 1.807) is 7.11 Å². The molecule has 0 fully saturated rings. The van der Waals surface area contributed by atoms with Gasteiger partial charge in [0.25, 0.3) is 0 Å². The molecule has 0 spiro atoms. The largest absolute Gasteiger partial charge is 0.504 e. The summed E-state index contributed by atoms with van der Waals surface area (Å²) in [5.74, 6) is 1.58. The van der Waals surface area contributed by atoms with Crippen molar-refractivity contribution in [1.29, 1.82) is 0 Å². The van der Waals surface area contributed by atoms with Gasteiger partial charge in [0.15, 0.2) is 11.5 Å². The van der Waals surface area contributed by atoms with Crippen molar-refractivity contribution in [3.8, 4) is 23.0 Å². The van der Waals surface area contributed by atoms with Crippen LogP contribution < -0.4 is 14.2 Å². The fourth-order valence-electron chi connectivity index (χ4n) is 2.70. The number of unbranched alkanes of at least 4 members (excludes halogenated alkanes) is 1. The molecule has 0 saturated heterocycles. The highest BCUT2D eigenvalue weighted by molar-refractivity contribution is 5.84. The Kier molecular flexibility index (Phi) is 5.36. The maximum Gasteiger partial charge on any atom is 0.207 e. The molecule has 120 valence electrons. The van der Waals surface area contributed by atoms with E-state index in [1.165, 1.54) is 7.11 Å². The van der Waals surface area contributed by atoms with Crippen molar-refractivity contribution in [2.24, 2.45) is 0 Å². The van der Waals surface area contributed by atoms with Gasteiger partial charge in [-0.05, 0) is 25.3 Å². The molecule has 4 nitrogen and oxygen atoms in total. The molecule has 0 unspecified atom stereocenters. The predicted octanol–water partition coefficient (Wildman–Crippen LogP) is 4.10. The van der Waals surface area contributed by atoms with Crippen molar-refractivity contribution in [1.82, 2.24) is 0 Å². The lowest BCUT2D eigenvalue weighted by molar-refractivity contribution is 0.306. The van der Waals surface area contributed by atoms with E-state index in [1.807, 2.05) is 19.1 Å². The second kappa shape index (κ2) is 7.25. The van der Waals surface area contributed by atoms with E-state index in [2.05, 4.69) is 13.0 Å². The normalized spacial score (nSPS) is 15.2. The Bertz CT molecular complexity index is 600. The summed E-state index contributed by atoms with van der Waals surface area (Å²) in [5.41, 5.74) is 2.87. The molecule has 0 aliphatic carbocycles. The Hall–Kier alpha value is -2.10. The highest BCUT2D eigenvalue weighted by atomic mass is 16.5. The van der Waals surface area contributed by atoms with E-state index in [0.717, 1.165) is 29.5 Å². The highest BCUT2D eigenvalue weighted by Gasteiger charge is 2.31. The fourth-order valence-corrected chi connectivity index (χ4v) is 2.70. The molecular weight excluding hydrogens is 280 g/mol. The first-order chi connectivity index (χ1) is 10.7. The summed E-state index contributed by atoms with van der Waals surface area (Å²) >= 11 is 0. The number of fused-ring (bicyclic) bond motifs is 1. The number of rotatable bonds is 6. The standard InChI is InChI=1S/C18H24O4/c1-5-7-9-12-11-22-16-14(12)13(10-8-6-2)15(19)17(20-3)18(16)21-4/h6,8-9,19H,5,7,10-11H2,1-4H3/b8-6+,12-9+. The molecule has 0 radical (unpaired) electrons. The van der Waals surface area contributed by atoms with Gasteiger partial charge in [-0.1, -0.05) is 31.6 Å². The third-order valence-electron chi connectivity index (χ3n) is 3.78. The summed E-state index contributed by atoms with van der Waals surface area (Å²) in [5, 5.41) is 10.6. The average molecular weight is 304 g/mol. The lowest BCUT2D eigenvalue weighted by Crippen LogP contribution is -1.98. The third-order valence-corrected chi connectivity index (χ3v) is 3.78. The number of allylic oxidation sites excluding steroid dienone is 3. The molecule has 1 aliphatic rings. The van der Waals surface area contributed by atoms with Gasteiger partial charge in [-0.2, -0.15) is 0 Å². The maximum atomic E-state index is 10.6. The van der Waals surface area contributed by atoms with E-state index in [9.17, 15) is 5.11 Å². The maximum absolute atomic E-state index is 10.6. The SMILES string of the molecule is C/C=C/Cc1c(O)c(OC)c(OC)c2c1/C(=C/CCC)CO2. The number of hydrogen-bond donors (Lipinski definition) is 1. The first kappa shape index (κ1) is 16.3. The van der Waals surface area contributed by atoms with Crippen LogP contribution in [0, 0.1) is 0 Å². The van der Waals surface area contributed by atoms with E-state index >= 15 is 0 Å². The Labute approximate surface area is 132 Å². The molecule has 1 N–H and O–H groups in total. The number of aromatic hydroxyl groups is 1. The smallest absolute Gasteiger partial charge is 0.207 e. The lowest BCUT2D eigenvalue weighted by atomic mass is 9.95. The predicted molar refractivity (Wildman–Crippen MR) is 88.1 cm³/mol. The minimum Gasteiger partial charge on any atom is -0.504 e. The van der Waals surface area contributed by atoms with Crippen LogP contribution in [0.3, 0.4) is 0 Å².